The quantitative estimate of drug-likeness (QED) is 0.368. The number of aryl methyl sites for hydroxylation is 2. The van der Waals surface area contributed by atoms with Gasteiger partial charge in [-0.25, -0.2) is 4.98 Å². The van der Waals surface area contributed by atoms with E-state index in [1.807, 2.05) is 0 Å². The van der Waals surface area contributed by atoms with Crippen LogP contribution >= 0.6 is 11.3 Å². The molecule has 5 nitrogen and oxygen atoms in total. The molecule has 1 fully saturated rings. The third-order valence-corrected chi connectivity index (χ3v) is 6.34. The minimum Gasteiger partial charge on any atom is -0.382 e. The highest BCUT2D eigenvalue weighted by Gasteiger charge is 2.33. The Labute approximate surface area is 163 Å². The van der Waals surface area contributed by atoms with E-state index in [2.05, 4.69) is 43.3 Å². The maximum atomic E-state index is 5.62. The number of guanidine groups is 1. The fourth-order valence-electron chi connectivity index (χ4n) is 3.73. The average Bonchev–Trinajstić information content (AvgIpc) is 3.20. The van der Waals surface area contributed by atoms with Crippen LogP contribution in [0.25, 0.3) is 0 Å². The molecule has 26 heavy (non-hydrogen) atoms. The topological polar surface area (TPSA) is 58.5 Å². The van der Waals surface area contributed by atoms with Crippen molar-refractivity contribution in [2.75, 3.05) is 32.8 Å². The smallest absolute Gasteiger partial charge is 0.191 e. The van der Waals surface area contributed by atoms with Crippen LogP contribution in [-0.4, -0.2) is 43.8 Å². The Kier molecular flexibility index (Phi) is 8.85. The molecular formula is C20H36N4OS. The van der Waals surface area contributed by atoms with Gasteiger partial charge in [-0.15, -0.1) is 11.3 Å². The summed E-state index contributed by atoms with van der Waals surface area (Å²) in [5.74, 6) is 0.939. The zero-order valence-electron chi connectivity index (χ0n) is 17.0. The molecule has 0 aromatic carbocycles. The van der Waals surface area contributed by atoms with Crippen LogP contribution in [0.15, 0.2) is 4.99 Å². The second kappa shape index (κ2) is 10.9. The molecule has 0 bridgehead atoms. The van der Waals surface area contributed by atoms with Gasteiger partial charge in [0, 0.05) is 44.1 Å². The van der Waals surface area contributed by atoms with Gasteiger partial charge in [-0.2, -0.15) is 0 Å². The lowest BCUT2D eigenvalue weighted by Crippen LogP contribution is -2.39. The minimum absolute atomic E-state index is 0.336. The van der Waals surface area contributed by atoms with E-state index >= 15 is 0 Å². The van der Waals surface area contributed by atoms with Crippen LogP contribution < -0.4 is 10.6 Å². The van der Waals surface area contributed by atoms with Crippen molar-refractivity contribution in [2.45, 2.75) is 66.2 Å². The van der Waals surface area contributed by atoms with Gasteiger partial charge in [-0.05, 0) is 52.4 Å². The molecule has 1 aromatic heterocycles. The highest BCUT2D eigenvalue weighted by atomic mass is 32.1. The summed E-state index contributed by atoms with van der Waals surface area (Å²) >= 11 is 1.80. The predicted octanol–water partition coefficient (Wildman–Crippen LogP) is 3.84. The van der Waals surface area contributed by atoms with E-state index in [-0.39, 0.29) is 0 Å². The number of aliphatic imine (C=N–C) groups is 1. The molecule has 0 radical (unpaired) electrons. The SMILES string of the molecule is CCNC(=NCC1(CCOCC)CCCC1)NCCc1sc(C)nc1C. The monoisotopic (exact) mass is 380 g/mol. The number of nitrogens with zero attached hydrogens (tertiary/aromatic N) is 2. The van der Waals surface area contributed by atoms with Crippen molar-refractivity contribution in [3.05, 3.63) is 15.6 Å². The van der Waals surface area contributed by atoms with Crippen LogP contribution in [0, 0.1) is 19.3 Å². The first-order chi connectivity index (χ1) is 12.6. The largest absolute Gasteiger partial charge is 0.382 e. The number of hydrogen-bond donors (Lipinski definition) is 2. The van der Waals surface area contributed by atoms with Gasteiger partial charge in [-0.1, -0.05) is 12.8 Å². The first-order valence-electron chi connectivity index (χ1n) is 10.1. The fraction of sp³-hybridized carbons (Fsp3) is 0.800. The van der Waals surface area contributed by atoms with Crippen molar-refractivity contribution in [1.82, 2.24) is 15.6 Å². The van der Waals surface area contributed by atoms with Crippen molar-refractivity contribution in [3.63, 3.8) is 0 Å². The van der Waals surface area contributed by atoms with E-state index < -0.39 is 0 Å². The molecule has 0 unspecified atom stereocenters. The summed E-state index contributed by atoms with van der Waals surface area (Å²) in [4.78, 5) is 10.8. The van der Waals surface area contributed by atoms with Crippen molar-refractivity contribution in [1.29, 1.82) is 0 Å². The van der Waals surface area contributed by atoms with Gasteiger partial charge in [0.2, 0.25) is 0 Å². The number of aromatic nitrogens is 1. The highest BCUT2D eigenvalue weighted by Crippen LogP contribution is 2.41. The molecular weight excluding hydrogens is 344 g/mol. The van der Waals surface area contributed by atoms with Gasteiger partial charge in [-0.3, -0.25) is 4.99 Å². The number of ether oxygens (including phenoxy) is 1. The van der Waals surface area contributed by atoms with Crippen LogP contribution in [-0.2, 0) is 11.2 Å². The Morgan fingerprint density at radius 2 is 2.00 bits per heavy atom. The van der Waals surface area contributed by atoms with Gasteiger partial charge in [0.25, 0.3) is 0 Å². The number of rotatable bonds is 10. The molecule has 0 amide bonds. The predicted molar refractivity (Wildman–Crippen MR) is 111 cm³/mol. The van der Waals surface area contributed by atoms with Crippen molar-refractivity contribution in [3.8, 4) is 0 Å². The van der Waals surface area contributed by atoms with E-state index in [0.29, 0.717) is 5.41 Å². The van der Waals surface area contributed by atoms with E-state index in [0.717, 1.165) is 62.4 Å². The molecule has 2 rings (SSSR count). The summed E-state index contributed by atoms with van der Waals surface area (Å²) in [5.41, 5.74) is 1.50. The van der Waals surface area contributed by atoms with Gasteiger partial charge < -0.3 is 15.4 Å². The maximum Gasteiger partial charge on any atom is 0.191 e. The molecule has 1 saturated carbocycles. The van der Waals surface area contributed by atoms with Crippen molar-refractivity contribution >= 4 is 17.3 Å². The highest BCUT2D eigenvalue weighted by molar-refractivity contribution is 7.11. The van der Waals surface area contributed by atoms with Crippen LogP contribution in [0.1, 0.15) is 61.5 Å². The van der Waals surface area contributed by atoms with E-state index in [1.165, 1.54) is 30.6 Å². The summed E-state index contributed by atoms with van der Waals surface area (Å²) in [6.07, 6.45) is 7.34. The second-order valence-electron chi connectivity index (χ2n) is 7.27. The Morgan fingerprint density at radius 3 is 2.62 bits per heavy atom. The van der Waals surface area contributed by atoms with Gasteiger partial charge in [0.1, 0.15) is 0 Å². The molecule has 0 saturated heterocycles. The Morgan fingerprint density at radius 1 is 1.23 bits per heavy atom. The standard InChI is InChI=1S/C20H36N4OS/c1-5-21-19(22-13-9-18-16(3)24-17(4)26-18)23-15-20(10-7-8-11-20)12-14-25-6-2/h5-15H2,1-4H3,(H2,21,22,23). The lowest BCUT2D eigenvalue weighted by atomic mass is 9.83. The minimum atomic E-state index is 0.336. The Bertz CT molecular complexity index is 564. The number of thiazole rings is 1. The zero-order chi connectivity index (χ0) is 18.8. The second-order valence-corrected chi connectivity index (χ2v) is 8.56. The molecule has 1 aliphatic rings. The van der Waals surface area contributed by atoms with Crippen LogP contribution in [0.3, 0.4) is 0 Å². The van der Waals surface area contributed by atoms with Crippen molar-refractivity contribution < 1.29 is 4.74 Å². The molecule has 1 aliphatic carbocycles. The summed E-state index contributed by atoms with van der Waals surface area (Å²) < 4.78 is 5.62. The van der Waals surface area contributed by atoms with Crippen LogP contribution in [0.5, 0.6) is 0 Å². The molecule has 1 aromatic rings. The van der Waals surface area contributed by atoms with Crippen LogP contribution in [0.4, 0.5) is 0 Å². The van der Waals surface area contributed by atoms with Crippen LogP contribution in [0.2, 0.25) is 0 Å². The van der Waals surface area contributed by atoms with Gasteiger partial charge >= 0.3 is 0 Å². The number of nitrogens with one attached hydrogen (secondary N) is 2. The lowest BCUT2D eigenvalue weighted by molar-refractivity contribution is 0.107. The molecule has 0 aliphatic heterocycles. The summed E-state index contributed by atoms with van der Waals surface area (Å²) in [5, 5.41) is 8.04. The third-order valence-electron chi connectivity index (χ3n) is 5.21. The fourth-order valence-corrected chi connectivity index (χ4v) is 4.67. The molecule has 0 spiro atoms. The Hall–Kier alpha value is -1.14. The molecule has 1 heterocycles. The van der Waals surface area contributed by atoms with Crippen molar-refractivity contribution in [2.24, 2.45) is 10.4 Å². The molecule has 2 N–H and O–H groups in total. The summed E-state index contributed by atoms with van der Waals surface area (Å²) in [7, 11) is 0. The molecule has 6 heteroatoms. The third kappa shape index (κ3) is 6.54. The number of hydrogen-bond acceptors (Lipinski definition) is 4. The summed E-state index contributed by atoms with van der Waals surface area (Å²) in [6, 6.07) is 0. The first kappa shape index (κ1) is 21.2. The summed E-state index contributed by atoms with van der Waals surface area (Å²) in [6.45, 7) is 12.7. The van der Waals surface area contributed by atoms with E-state index in [1.54, 1.807) is 11.3 Å². The molecule has 0 atom stereocenters. The molecule has 148 valence electrons. The maximum absolute atomic E-state index is 5.62. The van der Waals surface area contributed by atoms with Gasteiger partial charge in [0.05, 0.1) is 10.7 Å². The Balaban J connectivity index is 1.88. The van der Waals surface area contributed by atoms with E-state index in [9.17, 15) is 0 Å². The lowest BCUT2D eigenvalue weighted by Gasteiger charge is -2.27. The average molecular weight is 381 g/mol. The zero-order valence-corrected chi connectivity index (χ0v) is 17.8. The normalized spacial score (nSPS) is 16.8. The van der Waals surface area contributed by atoms with E-state index in [4.69, 9.17) is 9.73 Å². The van der Waals surface area contributed by atoms with Gasteiger partial charge in [0.15, 0.2) is 5.96 Å². The first-order valence-corrected chi connectivity index (χ1v) is 10.9.